The Bertz CT molecular complexity index is 656. The minimum Gasteiger partial charge on any atom is -0.454 e. The molecule has 2 heterocycles. The number of thiophene rings is 1. The Kier molecular flexibility index (Phi) is 3.54. The van der Waals surface area contributed by atoms with Crippen LogP contribution in [0, 0.1) is 0 Å². The summed E-state index contributed by atoms with van der Waals surface area (Å²) in [6.45, 7) is 2.16. The lowest BCUT2D eigenvalue weighted by Gasteiger charge is -2.14. The molecule has 1 atom stereocenters. The van der Waals surface area contributed by atoms with Crippen molar-refractivity contribution in [3.8, 4) is 11.5 Å². The van der Waals surface area contributed by atoms with Gasteiger partial charge in [0, 0.05) is 0 Å². The van der Waals surface area contributed by atoms with E-state index in [1.54, 1.807) is 12.1 Å². The molecule has 1 aliphatic heterocycles. The molecule has 1 amide bonds. The molecular formula is C14H12ClNO3S. The lowest BCUT2D eigenvalue weighted by molar-refractivity contribution is 0.0944. The quantitative estimate of drug-likeness (QED) is 0.942. The number of rotatable bonds is 3. The molecule has 0 aliphatic carbocycles. The number of nitrogens with one attached hydrogen (secondary N) is 1. The Hall–Kier alpha value is -1.72. The molecule has 2 aromatic rings. The van der Waals surface area contributed by atoms with E-state index in [2.05, 4.69) is 5.32 Å². The van der Waals surface area contributed by atoms with E-state index in [1.807, 2.05) is 25.1 Å². The largest absolute Gasteiger partial charge is 0.454 e. The highest BCUT2D eigenvalue weighted by molar-refractivity contribution is 7.17. The van der Waals surface area contributed by atoms with E-state index >= 15 is 0 Å². The number of carbonyl (C=O) groups is 1. The summed E-state index contributed by atoms with van der Waals surface area (Å²) in [5, 5.41) is 2.93. The molecule has 1 aromatic heterocycles. The van der Waals surface area contributed by atoms with Gasteiger partial charge < -0.3 is 14.8 Å². The molecule has 1 aromatic carbocycles. The van der Waals surface area contributed by atoms with Crippen LogP contribution in [0.3, 0.4) is 0 Å². The van der Waals surface area contributed by atoms with Crippen LogP contribution >= 0.6 is 22.9 Å². The second kappa shape index (κ2) is 5.34. The molecule has 20 heavy (non-hydrogen) atoms. The number of halogens is 1. The molecule has 0 spiro atoms. The minimum atomic E-state index is -0.132. The van der Waals surface area contributed by atoms with Gasteiger partial charge in [0.15, 0.2) is 11.5 Å². The van der Waals surface area contributed by atoms with Crippen LogP contribution < -0.4 is 14.8 Å². The zero-order valence-corrected chi connectivity index (χ0v) is 12.3. The summed E-state index contributed by atoms with van der Waals surface area (Å²) in [6, 6.07) is 8.95. The first-order valence-electron chi connectivity index (χ1n) is 6.09. The fourth-order valence-corrected chi connectivity index (χ4v) is 2.92. The van der Waals surface area contributed by atoms with E-state index in [4.69, 9.17) is 21.1 Å². The van der Waals surface area contributed by atoms with Gasteiger partial charge in [-0.1, -0.05) is 17.7 Å². The molecule has 0 fully saturated rings. The molecule has 1 N–H and O–H groups in total. The van der Waals surface area contributed by atoms with Crippen molar-refractivity contribution >= 4 is 28.8 Å². The topological polar surface area (TPSA) is 47.6 Å². The van der Waals surface area contributed by atoms with E-state index < -0.39 is 0 Å². The number of benzene rings is 1. The Labute approximate surface area is 125 Å². The summed E-state index contributed by atoms with van der Waals surface area (Å²) >= 11 is 7.09. The maximum atomic E-state index is 12.1. The average molecular weight is 310 g/mol. The summed E-state index contributed by atoms with van der Waals surface area (Å²) < 4.78 is 11.2. The van der Waals surface area contributed by atoms with Crippen LogP contribution in [-0.4, -0.2) is 12.7 Å². The van der Waals surface area contributed by atoms with Gasteiger partial charge in [-0.15, -0.1) is 11.3 Å². The zero-order chi connectivity index (χ0) is 14.1. The van der Waals surface area contributed by atoms with Gasteiger partial charge in [-0.25, -0.2) is 0 Å². The SMILES string of the molecule is C[C@@H](NC(=O)c1ccc(Cl)s1)c1ccc2c(c1)OCO2. The maximum Gasteiger partial charge on any atom is 0.261 e. The van der Waals surface area contributed by atoms with E-state index in [-0.39, 0.29) is 18.7 Å². The molecule has 0 saturated heterocycles. The van der Waals surface area contributed by atoms with Crippen molar-refractivity contribution in [1.29, 1.82) is 0 Å². The van der Waals surface area contributed by atoms with Crippen molar-refractivity contribution < 1.29 is 14.3 Å². The number of amides is 1. The summed E-state index contributed by atoms with van der Waals surface area (Å²) in [5.41, 5.74) is 0.963. The van der Waals surface area contributed by atoms with Crippen molar-refractivity contribution in [1.82, 2.24) is 5.32 Å². The monoisotopic (exact) mass is 309 g/mol. The number of ether oxygens (including phenoxy) is 2. The highest BCUT2D eigenvalue weighted by atomic mass is 35.5. The number of fused-ring (bicyclic) bond motifs is 1. The molecule has 0 bridgehead atoms. The highest BCUT2D eigenvalue weighted by Crippen LogP contribution is 2.34. The van der Waals surface area contributed by atoms with E-state index in [9.17, 15) is 4.79 Å². The van der Waals surface area contributed by atoms with Crippen molar-refractivity contribution in [2.45, 2.75) is 13.0 Å². The molecule has 6 heteroatoms. The molecule has 0 unspecified atom stereocenters. The van der Waals surface area contributed by atoms with Gasteiger partial charge in [0.05, 0.1) is 15.3 Å². The predicted octanol–water partition coefficient (Wildman–Crippen LogP) is 3.62. The van der Waals surface area contributed by atoms with Gasteiger partial charge >= 0.3 is 0 Å². The fraction of sp³-hybridized carbons (Fsp3) is 0.214. The van der Waals surface area contributed by atoms with E-state index in [1.165, 1.54) is 11.3 Å². The van der Waals surface area contributed by atoms with Crippen LogP contribution in [0.15, 0.2) is 30.3 Å². The Morgan fingerprint density at radius 1 is 1.30 bits per heavy atom. The first-order valence-corrected chi connectivity index (χ1v) is 7.28. The van der Waals surface area contributed by atoms with Crippen LogP contribution in [0.4, 0.5) is 0 Å². The molecular weight excluding hydrogens is 298 g/mol. The highest BCUT2D eigenvalue weighted by Gasteiger charge is 2.17. The minimum absolute atomic E-state index is 0.127. The van der Waals surface area contributed by atoms with Gasteiger partial charge in [-0.3, -0.25) is 4.79 Å². The summed E-state index contributed by atoms with van der Waals surface area (Å²) in [4.78, 5) is 12.7. The number of hydrogen-bond acceptors (Lipinski definition) is 4. The maximum absolute atomic E-state index is 12.1. The van der Waals surface area contributed by atoms with Crippen molar-refractivity contribution in [3.05, 3.63) is 45.1 Å². The summed E-state index contributed by atoms with van der Waals surface area (Å²) in [6.07, 6.45) is 0. The Morgan fingerprint density at radius 3 is 2.85 bits per heavy atom. The van der Waals surface area contributed by atoms with Crippen molar-refractivity contribution in [3.63, 3.8) is 0 Å². The first-order chi connectivity index (χ1) is 9.63. The Balaban J connectivity index is 1.73. The third-order valence-corrected chi connectivity index (χ3v) is 4.27. The first kappa shape index (κ1) is 13.3. The molecule has 3 rings (SSSR count). The molecule has 0 saturated carbocycles. The third-order valence-electron chi connectivity index (χ3n) is 3.04. The summed E-state index contributed by atoms with van der Waals surface area (Å²) in [7, 11) is 0. The van der Waals surface area contributed by atoms with Gasteiger partial charge in [0.25, 0.3) is 5.91 Å². The fourth-order valence-electron chi connectivity index (χ4n) is 1.97. The lowest BCUT2D eigenvalue weighted by Crippen LogP contribution is -2.25. The number of hydrogen-bond donors (Lipinski definition) is 1. The molecule has 0 radical (unpaired) electrons. The van der Waals surface area contributed by atoms with Crippen molar-refractivity contribution in [2.24, 2.45) is 0 Å². The van der Waals surface area contributed by atoms with E-state index in [0.717, 1.165) is 11.3 Å². The van der Waals surface area contributed by atoms with Crippen LogP contribution in [-0.2, 0) is 0 Å². The lowest BCUT2D eigenvalue weighted by atomic mass is 10.1. The van der Waals surface area contributed by atoms with Crippen LogP contribution in [0.2, 0.25) is 4.34 Å². The van der Waals surface area contributed by atoms with E-state index in [0.29, 0.717) is 15.0 Å². The van der Waals surface area contributed by atoms with Crippen molar-refractivity contribution in [2.75, 3.05) is 6.79 Å². The molecule has 4 nitrogen and oxygen atoms in total. The van der Waals surface area contributed by atoms with Crippen LogP contribution in [0.5, 0.6) is 11.5 Å². The zero-order valence-electron chi connectivity index (χ0n) is 10.7. The molecule has 104 valence electrons. The van der Waals surface area contributed by atoms with Gasteiger partial charge in [0.1, 0.15) is 0 Å². The Morgan fingerprint density at radius 2 is 2.10 bits per heavy atom. The van der Waals surface area contributed by atoms with Gasteiger partial charge in [-0.05, 0) is 36.8 Å². The van der Waals surface area contributed by atoms with Crippen LogP contribution in [0.25, 0.3) is 0 Å². The predicted molar refractivity (Wildman–Crippen MR) is 77.8 cm³/mol. The number of carbonyl (C=O) groups excluding carboxylic acids is 1. The smallest absolute Gasteiger partial charge is 0.261 e. The standard InChI is InChI=1S/C14H12ClNO3S/c1-8(16-14(17)12-4-5-13(15)20-12)9-2-3-10-11(6-9)19-7-18-10/h2-6,8H,7H2,1H3,(H,16,17)/t8-/m1/s1. The average Bonchev–Trinajstić information content (AvgIpc) is 3.05. The van der Waals surface area contributed by atoms with Gasteiger partial charge in [0.2, 0.25) is 6.79 Å². The van der Waals surface area contributed by atoms with Gasteiger partial charge in [-0.2, -0.15) is 0 Å². The normalized spacial score (nSPS) is 14.1. The second-order valence-corrected chi connectivity index (χ2v) is 6.13. The summed E-state index contributed by atoms with van der Waals surface area (Å²) in [5.74, 6) is 1.31. The molecule has 1 aliphatic rings. The van der Waals surface area contributed by atoms with Crippen LogP contribution in [0.1, 0.15) is 28.2 Å². The second-order valence-electron chi connectivity index (χ2n) is 4.41. The third kappa shape index (κ3) is 2.59.